The molecule has 4 heteroatoms. The van der Waals surface area contributed by atoms with E-state index in [0.717, 1.165) is 13.1 Å². The molecule has 2 unspecified atom stereocenters. The Labute approximate surface area is 113 Å². The van der Waals surface area contributed by atoms with Crippen LogP contribution < -0.4 is 5.73 Å². The van der Waals surface area contributed by atoms with E-state index in [1.165, 1.54) is 6.42 Å². The van der Waals surface area contributed by atoms with Gasteiger partial charge in [0.15, 0.2) is 0 Å². The Bertz CT molecular complexity index is 451. The quantitative estimate of drug-likeness (QED) is 0.794. The highest BCUT2D eigenvalue weighted by Gasteiger charge is 2.27. The fourth-order valence-electron chi connectivity index (χ4n) is 2.71. The average molecular weight is 267 g/mol. The number of benzene rings is 1. The van der Waals surface area contributed by atoms with Gasteiger partial charge in [0, 0.05) is 18.8 Å². The molecular weight excluding hydrogens is 248 g/mol. The number of carbonyl (C=O) groups is 1. The molecule has 1 saturated heterocycles. The SMILES string of the molecule is CC1CC(C)CN(C(=O)c2cc(N)ccc2Cl)C1. The minimum atomic E-state index is -0.00861. The van der Waals surface area contributed by atoms with E-state index in [1.807, 2.05) is 4.90 Å². The van der Waals surface area contributed by atoms with Crippen molar-refractivity contribution >= 4 is 23.2 Å². The summed E-state index contributed by atoms with van der Waals surface area (Å²) < 4.78 is 0. The molecule has 3 nitrogen and oxygen atoms in total. The van der Waals surface area contributed by atoms with Gasteiger partial charge in [-0.15, -0.1) is 0 Å². The topological polar surface area (TPSA) is 46.3 Å². The van der Waals surface area contributed by atoms with Crippen LogP contribution >= 0.6 is 11.6 Å². The highest BCUT2D eigenvalue weighted by Crippen LogP contribution is 2.25. The summed E-state index contributed by atoms with van der Waals surface area (Å²) in [6, 6.07) is 5.05. The van der Waals surface area contributed by atoms with E-state index in [0.29, 0.717) is 28.1 Å². The molecule has 1 aliphatic rings. The number of nitrogens with zero attached hydrogens (tertiary/aromatic N) is 1. The summed E-state index contributed by atoms with van der Waals surface area (Å²) >= 11 is 6.08. The highest BCUT2D eigenvalue weighted by atomic mass is 35.5. The number of piperidine rings is 1. The van der Waals surface area contributed by atoms with E-state index in [-0.39, 0.29) is 5.91 Å². The Balaban J connectivity index is 2.22. The van der Waals surface area contributed by atoms with Crippen molar-refractivity contribution in [1.82, 2.24) is 4.90 Å². The zero-order valence-electron chi connectivity index (χ0n) is 10.8. The molecule has 0 saturated carbocycles. The summed E-state index contributed by atoms with van der Waals surface area (Å²) in [6.07, 6.45) is 1.18. The number of nitrogens with two attached hydrogens (primary N) is 1. The average Bonchev–Trinajstić information content (AvgIpc) is 2.30. The lowest BCUT2D eigenvalue weighted by molar-refractivity contribution is 0.0623. The molecule has 0 spiro atoms. The first-order valence-electron chi connectivity index (χ1n) is 6.31. The van der Waals surface area contributed by atoms with E-state index in [2.05, 4.69) is 13.8 Å². The second kappa shape index (κ2) is 5.19. The molecule has 18 heavy (non-hydrogen) atoms. The van der Waals surface area contributed by atoms with Gasteiger partial charge in [-0.1, -0.05) is 25.4 Å². The van der Waals surface area contributed by atoms with Crippen LogP contribution in [0.4, 0.5) is 5.69 Å². The second-order valence-electron chi connectivity index (χ2n) is 5.40. The number of carbonyl (C=O) groups excluding carboxylic acids is 1. The van der Waals surface area contributed by atoms with Crippen LogP contribution in [0.2, 0.25) is 5.02 Å². The van der Waals surface area contributed by atoms with Gasteiger partial charge in [0.25, 0.3) is 5.91 Å². The molecule has 0 bridgehead atoms. The lowest BCUT2D eigenvalue weighted by Gasteiger charge is -2.35. The van der Waals surface area contributed by atoms with Gasteiger partial charge >= 0.3 is 0 Å². The smallest absolute Gasteiger partial charge is 0.255 e. The van der Waals surface area contributed by atoms with E-state index in [1.54, 1.807) is 18.2 Å². The van der Waals surface area contributed by atoms with Crippen LogP contribution in [0.1, 0.15) is 30.6 Å². The maximum absolute atomic E-state index is 12.4. The third kappa shape index (κ3) is 2.78. The third-order valence-electron chi connectivity index (χ3n) is 3.38. The summed E-state index contributed by atoms with van der Waals surface area (Å²) in [5, 5.41) is 0.472. The number of halogens is 1. The van der Waals surface area contributed by atoms with Crippen molar-refractivity contribution < 1.29 is 4.79 Å². The van der Waals surface area contributed by atoms with E-state index in [9.17, 15) is 4.79 Å². The van der Waals surface area contributed by atoms with Crippen LogP contribution in [0.25, 0.3) is 0 Å². The molecule has 0 aliphatic carbocycles. The molecule has 1 aromatic carbocycles. The zero-order valence-corrected chi connectivity index (χ0v) is 11.6. The molecule has 1 aromatic rings. The molecular formula is C14H19ClN2O. The Morgan fingerprint density at radius 2 is 1.94 bits per heavy atom. The van der Waals surface area contributed by atoms with Gasteiger partial charge in [-0.05, 0) is 36.5 Å². The first-order chi connectivity index (χ1) is 8.47. The number of amides is 1. The van der Waals surface area contributed by atoms with Crippen molar-refractivity contribution in [2.45, 2.75) is 20.3 Å². The Morgan fingerprint density at radius 1 is 1.33 bits per heavy atom. The minimum Gasteiger partial charge on any atom is -0.399 e. The van der Waals surface area contributed by atoms with Crippen molar-refractivity contribution in [3.8, 4) is 0 Å². The van der Waals surface area contributed by atoms with Gasteiger partial charge in [0.1, 0.15) is 0 Å². The largest absolute Gasteiger partial charge is 0.399 e. The number of rotatable bonds is 1. The predicted molar refractivity (Wildman–Crippen MR) is 74.7 cm³/mol. The number of hydrogen-bond donors (Lipinski definition) is 1. The van der Waals surface area contributed by atoms with Crippen LogP contribution in [0.3, 0.4) is 0 Å². The molecule has 2 rings (SSSR count). The molecule has 1 fully saturated rings. The number of hydrogen-bond acceptors (Lipinski definition) is 2. The first kappa shape index (κ1) is 13.2. The van der Waals surface area contributed by atoms with Gasteiger partial charge in [0.05, 0.1) is 10.6 Å². The number of anilines is 1. The lowest BCUT2D eigenvalue weighted by atomic mass is 9.91. The van der Waals surface area contributed by atoms with Crippen LogP contribution in [0, 0.1) is 11.8 Å². The molecule has 2 N–H and O–H groups in total. The molecule has 1 heterocycles. The fourth-order valence-corrected chi connectivity index (χ4v) is 2.90. The molecule has 0 aromatic heterocycles. The van der Waals surface area contributed by atoms with E-state index in [4.69, 9.17) is 17.3 Å². The third-order valence-corrected chi connectivity index (χ3v) is 3.71. The summed E-state index contributed by atoms with van der Waals surface area (Å²) in [7, 11) is 0. The Morgan fingerprint density at radius 3 is 2.56 bits per heavy atom. The normalized spacial score (nSPS) is 24.1. The molecule has 0 radical (unpaired) electrons. The maximum Gasteiger partial charge on any atom is 0.255 e. The number of likely N-dealkylation sites (tertiary alicyclic amines) is 1. The summed E-state index contributed by atoms with van der Waals surface area (Å²) in [5.41, 5.74) is 6.80. The van der Waals surface area contributed by atoms with Gasteiger partial charge in [0.2, 0.25) is 0 Å². The van der Waals surface area contributed by atoms with Crippen LogP contribution in [-0.2, 0) is 0 Å². The second-order valence-corrected chi connectivity index (χ2v) is 5.80. The lowest BCUT2D eigenvalue weighted by Crippen LogP contribution is -2.42. The Hall–Kier alpha value is -1.22. The van der Waals surface area contributed by atoms with Crippen molar-refractivity contribution in [3.63, 3.8) is 0 Å². The van der Waals surface area contributed by atoms with Crippen molar-refractivity contribution in [3.05, 3.63) is 28.8 Å². The van der Waals surface area contributed by atoms with Crippen molar-refractivity contribution in [2.24, 2.45) is 11.8 Å². The van der Waals surface area contributed by atoms with Gasteiger partial charge < -0.3 is 10.6 Å². The monoisotopic (exact) mass is 266 g/mol. The molecule has 1 amide bonds. The van der Waals surface area contributed by atoms with E-state index < -0.39 is 0 Å². The molecule has 1 aliphatic heterocycles. The standard InChI is InChI=1S/C14H19ClN2O/c1-9-5-10(2)8-17(7-9)14(18)12-6-11(16)3-4-13(12)15/h3-4,6,9-10H,5,7-8,16H2,1-2H3. The van der Waals surface area contributed by atoms with Crippen molar-refractivity contribution in [1.29, 1.82) is 0 Å². The minimum absolute atomic E-state index is 0.00861. The predicted octanol–water partition coefficient (Wildman–Crippen LogP) is 3.04. The molecule has 2 atom stereocenters. The Kier molecular flexibility index (Phi) is 3.81. The van der Waals surface area contributed by atoms with Gasteiger partial charge in [-0.3, -0.25) is 4.79 Å². The fraction of sp³-hybridized carbons (Fsp3) is 0.500. The van der Waals surface area contributed by atoms with Crippen LogP contribution in [0.15, 0.2) is 18.2 Å². The summed E-state index contributed by atoms with van der Waals surface area (Å²) in [4.78, 5) is 14.3. The summed E-state index contributed by atoms with van der Waals surface area (Å²) in [6.45, 7) is 5.95. The highest BCUT2D eigenvalue weighted by molar-refractivity contribution is 6.34. The van der Waals surface area contributed by atoms with Crippen LogP contribution in [-0.4, -0.2) is 23.9 Å². The zero-order chi connectivity index (χ0) is 13.3. The molecule has 98 valence electrons. The summed E-state index contributed by atoms with van der Waals surface area (Å²) in [5.74, 6) is 1.07. The van der Waals surface area contributed by atoms with E-state index >= 15 is 0 Å². The van der Waals surface area contributed by atoms with Gasteiger partial charge in [-0.2, -0.15) is 0 Å². The van der Waals surface area contributed by atoms with Crippen molar-refractivity contribution in [2.75, 3.05) is 18.8 Å². The van der Waals surface area contributed by atoms with Gasteiger partial charge in [-0.25, -0.2) is 0 Å². The first-order valence-corrected chi connectivity index (χ1v) is 6.69. The number of nitrogen functional groups attached to an aromatic ring is 1. The van der Waals surface area contributed by atoms with Crippen LogP contribution in [0.5, 0.6) is 0 Å². The maximum atomic E-state index is 12.4.